The van der Waals surface area contributed by atoms with Gasteiger partial charge in [-0.2, -0.15) is 4.80 Å². The summed E-state index contributed by atoms with van der Waals surface area (Å²) in [7, 11) is 0. The van der Waals surface area contributed by atoms with E-state index >= 15 is 0 Å². The third kappa shape index (κ3) is 4.07. The Morgan fingerprint density at radius 3 is 2.76 bits per heavy atom. The minimum absolute atomic E-state index is 0.0927. The van der Waals surface area contributed by atoms with E-state index in [0.29, 0.717) is 29.1 Å². The van der Waals surface area contributed by atoms with Crippen molar-refractivity contribution in [3.8, 4) is 0 Å². The number of Topliss-reactive ketones (excluding diaryl/α,β-unsaturated/α-hetero) is 1. The Hall–Kier alpha value is -1.34. The first-order valence-electron chi connectivity index (χ1n) is 13.4. The lowest BCUT2D eigenvalue weighted by molar-refractivity contribution is -0.151. The number of rotatable bonds is 7. The van der Waals surface area contributed by atoms with Gasteiger partial charge < -0.3 is 9.84 Å². The molecule has 0 amide bonds. The molecule has 4 saturated carbocycles. The third-order valence-electron chi connectivity index (χ3n) is 10.4. The Bertz CT molecular complexity index is 830. The van der Waals surface area contributed by atoms with E-state index < -0.39 is 0 Å². The lowest BCUT2D eigenvalue weighted by atomic mass is 9.43. The number of fused-ring (bicyclic) bond motifs is 5. The molecule has 4 aliphatic carbocycles. The van der Waals surface area contributed by atoms with Crippen molar-refractivity contribution in [3.63, 3.8) is 0 Å². The second-order valence-electron chi connectivity index (χ2n) is 12.1. The van der Waals surface area contributed by atoms with E-state index in [1.807, 2.05) is 0 Å². The van der Waals surface area contributed by atoms with Gasteiger partial charge in [-0.15, -0.1) is 10.2 Å². The van der Waals surface area contributed by atoms with Crippen molar-refractivity contribution >= 4 is 5.78 Å². The average Bonchev–Trinajstić information content (AvgIpc) is 3.40. The topological polar surface area (TPSA) is 90.1 Å². The number of hydrogen-bond donors (Lipinski definition) is 1. The van der Waals surface area contributed by atoms with Gasteiger partial charge in [0.25, 0.3) is 0 Å². The van der Waals surface area contributed by atoms with Crippen molar-refractivity contribution < 1.29 is 14.6 Å². The summed E-state index contributed by atoms with van der Waals surface area (Å²) in [6, 6.07) is 0. The molecule has 1 N–H and O–H groups in total. The van der Waals surface area contributed by atoms with Gasteiger partial charge in [-0.1, -0.05) is 6.92 Å². The van der Waals surface area contributed by atoms with Crippen LogP contribution in [0.4, 0.5) is 0 Å². The smallest absolute Gasteiger partial charge is 0.162 e. The van der Waals surface area contributed by atoms with Crippen LogP contribution < -0.4 is 0 Å². The Morgan fingerprint density at radius 2 is 2.00 bits per heavy atom. The maximum Gasteiger partial charge on any atom is 0.162 e. The molecule has 4 fully saturated rings. The molecule has 33 heavy (non-hydrogen) atoms. The van der Waals surface area contributed by atoms with Crippen LogP contribution in [0.2, 0.25) is 0 Å². The van der Waals surface area contributed by atoms with Crippen LogP contribution >= 0.6 is 0 Å². The molecule has 0 spiro atoms. The highest BCUT2D eigenvalue weighted by molar-refractivity contribution is 5.81. The zero-order valence-corrected chi connectivity index (χ0v) is 20.7. The molecule has 184 valence electrons. The molecular formula is C26H42N4O3. The molecule has 0 unspecified atom stereocenters. The van der Waals surface area contributed by atoms with Gasteiger partial charge in [0.1, 0.15) is 6.54 Å². The summed E-state index contributed by atoms with van der Waals surface area (Å²) in [5.41, 5.74) is 0.403. The number of tetrazole rings is 1. The number of ether oxygens (including phenoxy) is 1. The molecule has 0 bridgehead atoms. The van der Waals surface area contributed by atoms with E-state index in [1.54, 1.807) is 0 Å². The van der Waals surface area contributed by atoms with Gasteiger partial charge in [-0.25, -0.2) is 0 Å². The van der Waals surface area contributed by atoms with Crippen LogP contribution in [0.15, 0.2) is 6.33 Å². The molecule has 0 aromatic carbocycles. The first kappa shape index (κ1) is 23.4. The monoisotopic (exact) mass is 458 g/mol. The molecule has 7 heteroatoms. The highest BCUT2D eigenvalue weighted by Gasteiger charge is 2.62. The standard InChI is InChI=1S/C26H42N4O3/c1-17(2)33-13-12-26-11-8-19(31)14-18(26)4-5-20-21-6-7-23(25(21,3)10-9-22(20)26)24(32)15-30-28-16-27-29-30/h16-23,31H,4-15H2,1-3H3/t18-,19-,20+,21+,22+,23-,25+,26-/m1/s1. The summed E-state index contributed by atoms with van der Waals surface area (Å²) < 4.78 is 6.07. The third-order valence-corrected chi connectivity index (χ3v) is 10.4. The molecule has 1 aromatic rings. The van der Waals surface area contributed by atoms with Crippen LogP contribution in [0.3, 0.4) is 0 Å². The quantitative estimate of drug-likeness (QED) is 0.663. The Kier molecular flexibility index (Phi) is 6.40. The fraction of sp³-hybridized carbons (Fsp3) is 0.923. The van der Waals surface area contributed by atoms with Gasteiger partial charge in [-0.05, 0) is 118 Å². The van der Waals surface area contributed by atoms with Crippen molar-refractivity contribution in [1.29, 1.82) is 0 Å². The summed E-state index contributed by atoms with van der Waals surface area (Å²) in [6.45, 7) is 7.74. The number of ketones is 1. The normalized spacial score (nSPS) is 42.6. The molecule has 7 nitrogen and oxygen atoms in total. The summed E-state index contributed by atoms with van der Waals surface area (Å²) >= 11 is 0. The highest BCUT2D eigenvalue weighted by atomic mass is 16.5. The van der Waals surface area contributed by atoms with E-state index in [9.17, 15) is 9.90 Å². The van der Waals surface area contributed by atoms with Gasteiger partial charge in [0.05, 0.1) is 12.2 Å². The van der Waals surface area contributed by atoms with Gasteiger partial charge in [0, 0.05) is 12.5 Å². The average molecular weight is 459 g/mol. The predicted octanol–water partition coefficient (Wildman–Crippen LogP) is 4.06. The maximum atomic E-state index is 13.3. The lowest BCUT2D eigenvalue weighted by Gasteiger charge is -2.62. The Morgan fingerprint density at radius 1 is 1.15 bits per heavy atom. The van der Waals surface area contributed by atoms with Crippen molar-refractivity contribution in [2.24, 2.45) is 40.4 Å². The summed E-state index contributed by atoms with van der Waals surface area (Å²) in [6.07, 6.45) is 12.8. The van der Waals surface area contributed by atoms with E-state index in [4.69, 9.17) is 4.74 Å². The molecule has 0 radical (unpaired) electrons. The van der Waals surface area contributed by atoms with Gasteiger partial charge in [0.2, 0.25) is 0 Å². The Balaban J connectivity index is 1.36. The van der Waals surface area contributed by atoms with Crippen LogP contribution in [0, 0.1) is 40.4 Å². The van der Waals surface area contributed by atoms with Crippen molar-refractivity contribution in [3.05, 3.63) is 6.33 Å². The second kappa shape index (κ2) is 9.03. The van der Waals surface area contributed by atoms with Crippen molar-refractivity contribution in [2.45, 2.75) is 104 Å². The van der Waals surface area contributed by atoms with Crippen LogP contribution in [-0.4, -0.2) is 49.9 Å². The zero-order valence-electron chi connectivity index (χ0n) is 20.7. The SMILES string of the molecule is CC(C)OCC[C@]12CC[C@@H](O)C[C@H]1CC[C@H]1[C@@H]3CC[C@H](C(=O)Cn4ncnn4)[C@@]3(C)CC[C@@H]12. The van der Waals surface area contributed by atoms with E-state index in [-0.39, 0.29) is 35.9 Å². The van der Waals surface area contributed by atoms with E-state index in [1.165, 1.54) is 36.8 Å². The first-order chi connectivity index (χ1) is 15.8. The minimum atomic E-state index is -0.126. The fourth-order valence-electron chi connectivity index (χ4n) is 9.05. The van der Waals surface area contributed by atoms with E-state index in [0.717, 1.165) is 45.1 Å². The summed E-state index contributed by atoms with van der Waals surface area (Å²) in [4.78, 5) is 14.7. The minimum Gasteiger partial charge on any atom is -0.393 e. The number of carbonyl (C=O) groups excluding carboxylic acids is 1. The fourth-order valence-corrected chi connectivity index (χ4v) is 9.05. The number of aliphatic hydroxyl groups is 1. The summed E-state index contributed by atoms with van der Waals surface area (Å²) in [5, 5.41) is 22.2. The largest absolute Gasteiger partial charge is 0.393 e. The van der Waals surface area contributed by atoms with Gasteiger partial charge >= 0.3 is 0 Å². The number of nitrogens with zero attached hydrogens (tertiary/aromatic N) is 4. The first-order valence-corrected chi connectivity index (χ1v) is 13.4. The molecule has 4 aliphatic rings. The zero-order chi connectivity index (χ0) is 23.2. The molecule has 0 aliphatic heterocycles. The lowest BCUT2D eigenvalue weighted by Crippen LogP contribution is -2.56. The Labute approximate surface area is 198 Å². The van der Waals surface area contributed by atoms with Crippen molar-refractivity contribution in [2.75, 3.05) is 6.61 Å². The second-order valence-corrected chi connectivity index (χ2v) is 12.1. The highest BCUT2D eigenvalue weighted by Crippen LogP contribution is 2.68. The van der Waals surface area contributed by atoms with Crippen LogP contribution in [0.25, 0.3) is 0 Å². The van der Waals surface area contributed by atoms with Crippen molar-refractivity contribution in [1.82, 2.24) is 20.2 Å². The molecule has 1 aromatic heterocycles. The molecular weight excluding hydrogens is 416 g/mol. The van der Waals surface area contributed by atoms with Gasteiger partial charge in [0.15, 0.2) is 12.1 Å². The van der Waals surface area contributed by atoms with Crippen LogP contribution in [0.1, 0.15) is 85.0 Å². The van der Waals surface area contributed by atoms with E-state index in [2.05, 4.69) is 36.2 Å². The molecule has 1 heterocycles. The summed E-state index contributed by atoms with van der Waals surface area (Å²) in [5.74, 6) is 3.07. The molecule has 8 atom stereocenters. The number of hydrogen-bond acceptors (Lipinski definition) is 6. The van der Waals surface area contributed by atoms with Crippen LogP contribution in [-0.2, 0) is 16.1 Å². The molecule has 5 rings (SSSR count). The predicted molar refractivity (Wildman–Crippen MR) is 124 cm³/mol. The number of carbonyl (C=O) groups is 1. The van der Waals surface area contributed by atoms with Crippen LogP contribution in [0.5, 0.6) is 0 Å². The number of aromatic nitrogens is 4. The number of aliphatic hydroxyl groups excluding tert-OH is 1. The van der Waals surface area contributed by atoms with Gasteiger partial charge in [-0.3, -0.25) is 4.79 Å². The molecule has 0 saturated heterocycles. The maximum absolute atomic E-state index is 13.3.